The molecule has 0 unspecified atom stereocenters. The second-order valence-electron chi connectivity index (χ2n) is 6.84. The molecule has 150 valence electrons. The molecule has 1 N–H and O–H groups in total. The maximum Gasteiger partial charge on any atom is 0.274 e. The van der Waals surface area contributed by atoms with Crippen molar-refractivity contribution in [3.05, 3.63) is 53.9 Å². The highest BCUT2D eigenvalue weighted by atomic mass is 16.5. The number of rotatable bonds is 9. The van der Waals surface area contributed by atoms with E-state index in [4.69, 9.17) is 4.74 Å². The molecule has 2 rings (SSSR count). The molecular weight excluding hydrogens is 354 g/mol. The van der Waals surface area contributed by atoms with Gasteiger partial charge in [-0.3, -0.25) is 14.6 Å². The van der Waals surface area contributed by atoms with E-state index in [0.717, 1.165) is 12.8 Å². The van der Waals surface area contributed by atoms with Gasteiger partial charge in [0, 0.05) is 24.8 Å². The average molecular weight is 383 g/mol. The largest absolute Gasteiger partial charge is 0.489 e. The van der Waals surface area contributed by atoms with Gasteiger partial charge in [0.1, 0.15) is 11.4 Å². The molecule has 0 bridgehead atoms. The summed E-state index contributed by atoms with van der Waals surface area (Å²) in [6.07, 6.45) is 3.25. The summed E-state index contributed by atoms with van der Waals surface area (Å²) in [4.78, 5) is 31.4. The number of anilines is 1. The fourth-order valence-corrected chi connectivity index (χ4v) is 2.84. The number of nitrogens with zero attached hydrogens (tertiary/aromatic N) is 2. The van der Waals surface area contributed by atoms with Crippen LogP contribution in [0, 0.1) is 0 Å². The fraction of sp³-hybridized carbons (Fsp3) is 0.409. The predicted molar refractivity (Wildman–Crippen MR) is 111 cm³/mol. The third-order valence-corrected chi connectivity index (χ3v) is 4.01. The smallest absolute Gasteiger partial charge is 0.274 e. The lowest BCUT2D eigenvalue weighted by atomic mass is 10.1. The van der Waals surface area contributed by atoms with E-state index in [9.17, 15) is 9.59 Å². The van der Waals surface area contributed by atoms with Crippen LogP contribution < -0.4 is 10.1 Å². The topological polar surface area (TPSA) is 71.5 Å². The second-order valence-corrected chi connectivity index (χ2v) is 6.84. The summed E-state index contributed by atoms with van der Waals surface area (Å²) in [7, 11) is 0. The molecule has 0 radical (unpaired) electrons. The van der Waals surface area contributed by atoms with Crippen molar-refractivity contribution < 1.29 is 14.3 Å². The van der Waals surface area contributed by atoms with E-state index < -0.39 is 0 Å². The van der Waals surface area contributed by atoms with Crippen molar-refractivity contribution in [2.45, 2.75) is 46.6 Å². The van der Waals surface area contributed by atoms with E-state index >= 15 is 0 Å². The van der Waals surface area contributed by atoms with E-state index in [-0.39, 0.29) is 23.6 Å². The van der Waals surface area contributed by atoms with Gasteiger partial charge in [-0.05, 0) is 51.0 Å². The Morgan fingerprint density at radius 3 is 2.43 bits per heavy atom. The minimum Gasteiger partial charge on any atom is -0.489 e. The van der Waals surface area contributed by atoms with Crippen LogP contribution >= 0.6 is 0 Å². The van der Waals surface area contributed by atoms with E-state index in [0.29, 0.717) is 30.1 Å². The number of hydrogen-bond donors (Lipinski definition) is 1. The van der Waals surface area contributed by atoms with Gasteiger partial charge >= 0.3 is 0 Å². The summed E-state index contributed by atoms with van der Waals surface area (Å²) < 4.78 is 5.73. The Hall–Kier alpha value is -2.89. The van der Waals surface area contributed by atoms with Crippen LogP contribution in [0.4, 0.5) is 5.69 Å². The van der Waals surface area contributed by atoms with Crippen molar-refractivity contribution in [3.8, 4) is 5.75 Å². The molecule has 1 heterocycles. The Balaban J connectivity index is 2.20. The molecule has 0 aliphatic heterocycles. The van der Waals surface area contributed by atoms with Crippen molar-refractivity contribution >= 4 is 17.5 Å². The van der Waals surface area contributed by atoms with Gasteiger partial charge in [0.25, 0.3) is 11.8 Å². The predicted octanol–water partition coefficient (Wildman–Crippen LogP) is 4.38. The zero-order valence-electron chi connectivity index (χ0n) is 17.1. The molecule has 0 aliphatic rings. The first-order chi connectivity index (χ1) is 13.5. The summed E-state index contributed by atoms with van der Waals surface area (Å²) in [5, 5.41) is 2.83. The van der Waals surface area contributed by atoms with Crippen LogP contribution in [0.1, 0.15) is 61.4 Å². The first-order valence-electron chi connectivity index (χ1n) is 9.78. The van der Waals surface area contributed by atoms with Crippen LogP contribution in [-0.2, 0) is 0 Å². The Labute approximate surface area is 166 Å². The number of amides is 2. The fourth-order valence-electron chi connectivity index (χ4n) is 2.84. The van der Waals surface area contributed by atoms with E-state index in [1.165, 1.54) is 6.20 Å². The van der Waals surface area contributed by atoms with Crippen molar-refractivity contribution in [1.82, 2.24) is 9.88 Å². The van der Waals surface area contributed by atoms with Gasteiger partial charge in [-0.2, -0.15) is 0 Å². The Morgan fingerprint density at radius 1 is 1.11 bits per heavy atom. The van der Waals surface area contributed by atoms with Crippen molar-refractivity contribution in [2.24, 2.45) is 0 Å². The van der Waals surface area contributed by atoms with E-state index in [1.54, 1.807) is 24.3 Å². The van der Waals surface area contributed by atoms with Crippen LogP contribution in [0.25, 0.3) is 0 Å². The molecule has 6 heteroatoms. The molecule has 1 aromatic heterocycles. The van der Waals surface area contributed by atoms with Gasteiger partial charge in [0.05, 0.1) is 11.8 Å². The van der Waals surface area contributed by atoms with Crippen molar-refractivity contribution in [3.63, 3.8) is 0 Å². The normalized spacial score (nSPS) is 10.6. The number of nitrogens with one attached hydrogen (secondary N) is 1. The number of carbonyl (C=O) groups is 2. The summed E-state index contributed by atoms with van der Waals surface area (Å²) in [5.41, 5.74) is 1.23. The Morgan fingerprint density at radius 2 is 1.79 bits per heavy atom. The lowest BCUT2D eigenvalue weighted by Gasteiger charge is -2.21. The molecule has 0 fully saturated rings. The van der Waals surface area contributed by atoms with Crippen LogP contribution in [0.5, 0.6) is 5.75 Å². The molecule has 1 aromatic carbocycles. The van der Waals surface area contributed by atoms with Gasteiger partial charge in [-0.1, -0.05) is 26.0 Å². The quantitative estimate of drug-likeness (QED) is 0.697. The molecular formula is C22H29N3O3. The number of carbonyl (C=O) groups excluding carboxylic acids is 2. The van der Waals surface area contributed by atoms with Gasteiger partial charge < -0.3 is 15.0 Å². The molecule has 2 aromatic rings. The number of para-hydroxylation sites is 2. The van der Waals surface area contributed by atoms with Gasteiger partial charge in [0.2, 0.25) is 0 Å². The minimum atomic E-state index is -0.382. The number of ether oxygens (including phenoxy) is 1. The third kappa shape index (κ3) is 5.81. The third-order valence-electron chi connectivity index (χ3n) is 4.01. The molecule has 0 saturated heterocycles. The zero-order chi connectivity index (χ0) is 20.5. The molecule has 0 atom stereocenters. The molecule has 0 aliphatic carbocycles. The summed E-state index contributed by atoms with van der Waals surface area (Å²) in [5.74, 6) is 0.130. The first kappa shape index (κ1) is 21.4. The molecule has 0 saturated carbocycles. The molecule has 0 spiro atoms. The second kappa shape index (κ2) is 10.4. The maximum absolute atomic E-state index is 12.8. The molecule has 28 heavy (non-hydrogen) atoms. The molecule has 6 nitrogen and oxygen atoms in total. The van der Waals surface area contributed by atoms with Gasteiger partial charge in [-0.25, -0.2) is 0 Å². The van der Waals surface area contributed by atoms with E-state index in [1.807, 2.05) is 44.7 Å². The lowest BCUT2D eigenvalue weighted by Crippen LogP contribution is -2.32. The minimum absolute atomic E-state index is 0.0137. The van der Waals surface area contributed by atoms with Gasteiger partial charge in [-0.15, -0.1) is 0 Å². The molecule has 2 amide bonds. The highest BCUT2D eigenvalue weighted by Gasteiger charge is 2.18. The van der Waals surface area contributed by atoms with Crippen LogP contribution in [0.15, 0.2) is 42.6 Å². The standard InChI is InChI=1S/C22H29N3O3/c1-5-13-25(14-6-2)22(27)17-11-12-23-19(15-17)21(26)24-18-9-7-8-10-20(18)28-16(3)4/h7-12,15-16H,5-6,13-14H2,1-4H3,(H,24,26). The highest BCUT2D eigenvalue weighted by molar-refractivity contribution is 6.05. The average Bonchev–Trinajstić information content (AvgIpc) is 2.68. The summed E-state index contributed by atoms with van der Waals surface area (Å²) in [6, 6.07) is 10.4. The first-order valence-corrected chi connectivity index (χ1v) is 9.78. The zero-order valence-corrected chi connectivity index (χ0v) is 17.1. The Kier molecular flexibility index (Phi) is 7.99. The van der Waals surface area contributed by atoms with Crippen LogP contribution in [0.2, 0.25) is 0 Å². The van der Waals surface area contributed by atoms with Crippen molar-refractivity contribution in [1.29, 1.82) is 0 Å². The maximum atomic E-state index is 12.8. The Bertz CT molecular complexity index is 799. The van der Waals surface area contributed by atoms with E-state index in [2.05, 4.69) is 10.3 Å². The van der Waals surface area contributed by atoms with Crippen LogP contribution in [-0.4, -0.2) is 40.9 Å². The lowest BCUT2D eigenvalue weighted by molar-refractivity contribution is 0.0755. The number of benzene rings is 1. The van der Waals surface area contributed by atoms with Crippen LogP contribution in [0.3, 0.4) is 0 Å². The SMILES string of the molecule is CCCN(CCC)C(=O)c1ccnc(C(=O)Nc2ccccc2OC(C)C)c1. The monoisotopic (exact) mass is 383 g/mol. The van der Waals surface area contributed by atoms with Gasteiger partial charge in [0.15, 0.2) is 0 Å². The van der Waals surface area contributed by atoms with Crippen molar-refractivity contribution in [2.75, 3.05) is 18.4 Å². The number of aromatic nitrogens is 1. The highest BCUT2D eigenvalue weighted by Crippen LogP contribution is 2.25. The number of hydrogen-bond acceptors (Lipinski definition) is 4. The summed E-state index contributed by atoms with van der Waals surface area (Å²) in [6.45, 7) is 9.31. The number of pyridine rings is 1. The summed E-state index contributed by atoms with van der Waals surface area (Å²) >= 11 is 0.